The number of amides is 5. The number of nitriles is 1. The van der Waals surface area contributed by atoms with E-state index >= 15 is 4.39 Å². The molecule has 4 aliphatic heterocycles. The molecule has 1 aliphatic carbocycles. The zero-order valence-electron chi connectivity index (χ0n) is 33.4. The summed E-state index contributed by atoms with van der Waals surface area (Å²) in [6.45, 7) is 4.94. The highest BCUT2D eigenvalue weighted by Gasteiger charge is 2.45. The van der Waals surface area contributed by atoms with Crippen LogP contribution in [-0.2, 0) is 9.59 Å². The van der Waals surface area contributed by atoms with E-state index in [1.54, 1.807) is 29.2 Å². The van der Waals surface area contributed by atoms with Crippen LogP contribution in [0.1, 0.15) is 89.5 Å². The summed E-state index contributed by atoms with van der Waals surface area (Å²) >= 11 is 6.16. The average molecular weight is 827 g/mol. The minimum absolute atomic E-state index is 0.00815. The Bertz CT molecular complexity index is 2220. The van der Waals surface area contributed by atoms with E-state index in [1.165, 1.54) is 6.07 Å². The number of piperidine rings is 2. The number of carbonyl (C=O) groups is 5. The van der Waals surface area contributed by atoms with Crippen LogP contribution in [0.3, 0.4) is 0 Å². The van der Waals surface area contributed by atoms with Gasteiger partial charge in [-0.3, -0.25) is 39.1 Å². The molecule has 2 aromatic carbocycles. The zero-order valence-corrected chi connectivity index (χ0v) is 33.2. The molecule has 0 spiro atoms. The smallest absolute Gasteiger partial charge is 0.274 e. The van der Waals surface area contributed by atoms with Gasteiger partial charge in [-0.05, 0) is 87.3 Å². The van der Waals surface area contributed by atoms with Crippen molar-refractivity contribution in [3.8, 4) is 11.8 Å². The summed E-state index contributed by atoms with van der Waals surface area (Å²) in [7, 11) is -0.187. The molecule has 1 N–H and O–H groups in total. The number of anilines is 2. The fourth-order valence-electron chi connectivity index (χ4n) is 8.85. The lowest BCUT2D eigenvalue weighted by Crippen LogP contribution is -2.54. The van der Waals surface area contributed by atoms with E-state index < -0.39 is 35.5 Å². The molecule has 17 heteroatoms. The van der Waals surface area contributed by atoms with Crippen molar-refractivity contribution in [2.75, 3.05) is 62.6 Å². The minimum atomic E-state index is -1.11. The van der Waals surface area contributed by atoms with E-state index in [9.17, 15) is 24.0 Å². The third kappa shape index (κ3) is 8.31. The van der Waals surface area contributed by atoms with Crippen molar-refractivity contribution >= 4 is 52.6 Å². The summed E-state index contributed by atoms with van der Waals surface area (Å²) < 4.78 is 29.7. The third-order valence-corrected chi connectivity index (χ3v) is 12.6. The Morgan fingerprint density at radius 1 is 0.932 bits per heavy atom. The van der Waals surface area contributed by atoms with Crippen LogP contribution >= 0.6 is 11.6 Å². The molecule has 1 saturated carbocycles. The highest BCUT2D eigenvalue weighted by molar-refractivity contribution is 6.31. The first-order chi connectivity index (χ1) is 29.0. The van der Waals surface area contributed by atoms with E-state index in [4.69, 9.17) is 23.0 Å². The summed E-state index contributed by atoms with van der Waals surface area (Å²) in [4.78, 5) is 72.8. The quantitative estimate of drug-likeness (QED) is 0.308. The molecule has 0 bridgehead atoms. The molecule has 5 heterocycles. The number of halogens is 2. The largest absolute Gasteiger partial charge is 0.490 e. The number of hydrogen-bond acceptors (Lipinski definition) is 12. The molecule has 3 saturated heterocycles. The molecular formula is C42H45ClFN9O6. The molecule has 1 unspecified atom stereocenters. The SMILES string of the molecule is [2H]CN(C(=O)c1ccc(N2CCC(CN3CCN(c4cc5c(cc4F)C(=O)N(C4CCC(=O)NC4=O)C5=O)CC3)CC2)nn1)C1CCC(Oc2ccc(C#N)c(Cl)c2)CC1. The fraction of sp³-hybridized carbons (Fsp3) is 0.476. The molecule has 5 aliphatic rings. The van der Waals surface area contributed by atoms with Crippen molar-refractivity contribution in [3.63, 3.8) is 0 Å². The maximum Gasteiger partial charge on any atom is 0.274 e. The van der Waals surface area contributed by atoms with Gasteiger partial charge in [0.25, 0.3) is 17.7 Å². The molecule has 5 amide bonds. The molecule has 308 valence electrons. The molecule has 3 aromatic rings. The summed E-state index contributed by atoms with van der Waals surface area (Å²) in [5, 5.41) is 20.3. The first-order valence-corrected chi connectivity index (χ1v) is 20.5. The summed E-state index contributed by atoms with van der Waals surface area (Å²) in [5.41, 5.74) is 0.827. The van der Waals surface area contributed by atoms with Gasteiger partial charge >= 0.3 is 0 Å². The van der Waals surface area contributed by atoms with Crippen molar-refractivity contribution in [1.82, 2.24) is 30.2 Å². The van der Waals surface area contributed by atoms with Crippen LogP contribution in [0, 0.1) is 23.1 Å². The number of ether oxygens (including phenoxy) is 1. The second-order valence-electron chi connectivity index (χ2n) is 15.9. The van der Waals surface area contributed by atoms with E-state index in [0.29, 0.717) is 79.9 Å². The Morgan fingerprint density at radius 3 is 2.31 bits per heavy atom. The number of piperazine rings is 1. The normalized spacial score (nSPS) is 23.1. The van der Waals surface area contributed by atoms with Crippen LogP contribution < -0.4 is 19.9 Å². The number of rotatable bonds is 9. The second kappa shape index (κ2) is 16.9. The van der Waals surface area contributed by atoms with Gasteiger partial charge in [0.15, 0.2) is 11.5 Å². The van der Waals surface area contributed by atoms with E-state index in [0.717, 1.165) is 43.4 Å². The van der Waals surface area contributed by atoms with Crippen molar-refractivity contribution in [2.45, 2.75) is 69.6 Å². The van der Waals surface area contributed by atoms with Gasteiger partial charge in [0.05, 0.1) is 33.5 Å². The molecule has 59 heavy (non-hydrogen) atoms. The lowest BCUT2D eigenvalue weighted by atomic mass is 9.92. The highest BCUT2D eigenvalue weighted by atomic mass is 35.5. The number of fused-ring (bicyclic) bond motifs is 1. The maximum atomic E-state index is 15.4. The lowest BCUT2D eigenvalue weighted by Gasteiger charge is -2.40. The summed E-state index contributed by atoms with van der Waals surface area (Å²) in [5.74, 6) is -1.72. The predicted molar refractivity (Wildman–Crippen MR) is 214 cm³/mol. The van der Waals surface area contributed by atoms with Crippen LogP contribution in [-0.4, -0.2) is 125 Å². The topological polar surface area (TPSA) is 172 Å². The minimum Gasteiger partial charge on any atom is -0.490 e. The lowest BCUT2D eigenvalue weighted by molar-refractivity contribution is -0.136. The van der Waals surface area contributed by atoms with Crippen LogP contribution in [0.15, 0.2) is 42.5 Å². The Morgan fingerprint density at radius 2 is 1.66 bits per heavy atom. The molecule has 0 radical (unpaired) electrons. The van der Waals surface area contributed by atoms with Crippen LogP contribution in [0.4, 0.5) is 15.9 Å². The Kier molecular flexibility index (Phi) is 11.1. The Balaban J connectivity index is 0.784. The first-order valence-electron chi connectivity index (χ1n) is 20.8. The Hall–Kier alpha value is -5.66. The van der Waals surface area contributed by atoms with Gasteiger partial charge in [-0.2, -0.15) is 5.26 Å². The van der Waals surface area contributed by atoms with Gasteiger partial charge in [-0.15, -0.1) is 10.2 Å². The predicted octanol–water partition coefficient (Wildman–Crippen LogP) is 4.04. The molecule has 1 atom stereocenters. The van der Waals surface area contributed by atoms with Gasteiger partial charge in [0.2, 0.25) is 11.8 Å². The van der Waals surface area contributed by atoms with E-state index in [1.807, 2.05) is 17.0 Å². The molecular weight excluding hydrogens is 781 g/mol. The monoisotopic (exact) mass is 826 g/mol. The van der Waals surface area contributed by atoms with Crippen LogP contribution in [0.5, 0.6) is 5.75 Å². The number of aromatic nitrogens is 2. The van der Waals surface area contributed by atoms with Crippen LogP contribution in [0.2, 0.25) is 5.02 Å². The summed E-state index contributed by atoms with van der Waals surface area (Å²) in [6.07, 6.45) is 4.66. The van der Waals surface area contributed by atoms with Crippen molar-refractivity contribution in [1.29, 1.82) is 5.26 Å². The van der Waals surface area contributed by atoms with E-state index in [2.05, 4.69) is 25.3 Å². The summed E-state index contributed by atoms with van der Waals surface area (Å²) in [6, 6.07) is 11.8. The number of nitrogens with zero attached hydrogens (tertiary/aromatic N) is 8. The van der Waals surface area contributed by atoms with Crippen molar-refractivity contribution in [2.24, 2.45) is 5.92 Å². The van der Waals surface area contributed by atoms with Crippen LogP contribution in [0.25, 0.3) is 0 Å². The maximum absolute atomic E-state index is 15.4. The number of hydrogen-bond donors (Lipinski definition) is 1. The second-order valence-corrected chi connectivity index (χ2v) is 16.3. The zero-order chi connectivity index (χ0) is 42.1. The number of carbonyl (C=O) groups excluding carboxylic acids is 5. The van der Waals surface area contributed by atoms with Gasteiger partial charge in [-0.1, -0.05) is 11.6 Å². The van der Waals surface area contributed by atoms with Gasteiger partial charge in [0.1, 0.15) is 23.7 Å². The first kappa shape index (κ1) is 38.8. The standard InChI is InChI=1S/C42H45ClFN9O6/c1-49(27-3-6-28(7-4-27)59-29-5-2-26(23-45)32(43)20-29)42(58)34-8-10-37(48-47-34)52-14-12-25(13-15-52)24-50-16-18-51(19-17-50)36-22-31-30(21-33(36)44)40(56)53(41(31)57)35-9-11-38(54)46-39(35)55/h2,5,8,10,20-22,25,27-28,35H,3-4,6-7,9,11-19,24H2,1H3,(H,46,54,55)/i1D. The number of benzene rings is 2. The Labute approximate surface area is 347 Å². The molecule has 4 fully saturated rings. The highest BCUT2D eigenvalue weighted by Crippen LogP contribution is 2.34. The van der Waals surface area contributed by atoms with Gasteiger partial charge in [0, 0.05) is 72.7 Å². The van der Waals surface area contributed by atoms with Gasteiger partial charge in [-0.25, -0.2) is 4.39 Å². The van der Waals surface area contributed by atoms with Gasteiger partial charge < -0.3 is 19.4 Å². The molecule has 8 rings (SSSR count). The number of nitrogens with one attached hydrogen (secondary N) is 1. The number of imide groups is 2. The fourth-order valence-corrected chi connectivity index (χ4v) is 9.06. The van der Waals surface area contributed by atoms with E-state index in [-0.39, 0.29) is 60.4 Å². The molecule has 15 nitrogen and oxygen atoms in total. The van der Waals surface area contributed by atoms with Crippen molar-refractivity contribution in [3.05, 3.63) is 75.7 Å². The average Bonchev–Trinajstić information content (AvgIpc) is 3.49. The van der Waals surface area contributed by atoms with Crippen molar-refractivity contribution < 1.29 is 34.5 Å². The third-order valence-electron chi connectivity index (χ3n) is 12.3. The molecule has 1 aromatic heterocycles.